The molecule has 0 saturated heterocycles. The lowest BCUT2D eigenvalue weighted by atomic mass is 9.90. The van der Waals surface area contributed by atoms with E-state index in [0.717, 1.165) is 21.9 Å². The molecule has 0 radical (unpaired) electrons. The van der Waals surface area contributed by atoms with Crippen LogP contribution in [0.5, 0.6) is 0 Å². The first-order valence-corrected chi connectivity index (χ1v) is 15.9. The van der Waals surface area contributed by atoms with Gasteiger partial charge in [-0.1, -0.05) is 107 Å². The van der Waals surface area contributed by atoms with Gasteiger partial charge in [0.25, 0.3) is 5.91 Å². The van der Waals surface area contributed by atoms with Gasteiger partial charge in [-0.05, 0) is 40.2 Å². The SMILES string of the molecule is CC[C@H](C)C(NC(=O)[C@@H](CC(=O)OCc1ccccc1)CC(C)C)C(=O)C(=O)N[C@@H](Cc1ccc2ccccc2c1)C(=O)N(C)C. The van der Waals surface area contributed by atoms with E-state index < -0.39 is 41.6 Å². The van der Waals surface area contributed by atoms with E-state index in [4.69, 9.17) is 4.74 Å². The van der Waals surface area contributed by atoms with Crippen molar-refractivity contribution in [1.29, 1.82) is 0 Å². The van der Waals surface area contributed by atoms with Crippen LogP contribution in [0.3, 0.4) is 0 Å². The van der Waals surface area contributed by atoms with Crippen LogP contribution in [0, 0.1) is 17.8 Å². The van der Waals surface area contributed by atoms with E-state index in [-0.39, 0.29) is 37.2 Å². The number of hydrogen-bond acceptors (Lipinski definition) is 6. The smallest absolute Gasteiger partial charge is 0.306 e. The molecule has 3 aromatic rings. The molecule has 0 heterocycles. The van der Waals surface area contributed by atoms with Crippen LogP contribution < -0.4 is 10.6 Å². The standard InChI is InChI=1S/C37H47N3O6/c1-7-25(4)33(39-35(43)30(19-24(2)3)22-32(41)46-23-26-13-9-8-10-14-26)34(42)36(44)38-31(37(45)40(5)6)21-27-17-18-28-15-11-12-16-29(28)20-27/h8-18,20,24-25,30-31,33H,7,19,21-23H2,1-6H3,(H,38,44)(H,39,43)/t25-,30+,31-,33?/m0/s1. The molecule has 0 saturated carbocycles. The van der Waals surface area contributed by atoms with Crippen LogP contribution in [-0.2, 0) is 41.7 Å². The largest absolute Gasteiger partial charge is 0.461 e. The summed E-state index contributed by atoms with van der Waals surface area (Å²) in [5.74, 6) is -4.20. The topological polar surface area (TPSA) is 122 Å². The molecule has 0 aromatic heterocycles. The van der Waals surface area contributed by atoms with Crippen molar-refractivity contribution in [3.05, 3.63) is 83.9 Å². The van der Waals surface area contributed by atoms with Gasteiger partial charge in [0.05, 0.1) is 12.5 Å². The van der Waals surface area contributed by atoms with Crippen molar-refractivity contribution >= 4 is 40.2 Å². The molecular formula is C37H47N3O6. The van der Waals surface area contributed by atoms with Gasteiger partial charge in [0.15, 0.2) is 0 Å². The number of benzene rings is 3. The third-order valence-corrected chi connectivity index (χ3v) is 8.10. The van der Waals surface area contributed by atoms with Crippen LogP contribution in [0.2, 0.25) is 0 Å². The third-order valence-electron chi connectivity index (χ3n) is 8.10. The van der Waals surface area contributed by atoms with Crippen LogP contribution >= 0.6 is 0 Å². The number of hydrogen-bond donors (Lipinski definition) is 2. The Morgan fingerprint density at radius 2 is 1.46 bits per heavy atom. The summed E-state index contributed by atoms with van der Waals surface area (Å²) >= 11 is 0. The number of fused-ring (bicyclic) bond motifs is 1. The first-order chi connectivity index (χ1) is 21.9. The predicted molar refractivity (Wildman–Crippen MR) is 178 cm³/mol. The number of ketones is 1. The van der Waals surface area contributed by atoms with Crippen molar-refractivity contribution in [3.63, 3.8) is 0 Å². The molecule has 0 aliphatic carbocycles. The number of nitrogens with zero attached hydrogens (tertiary/aromatic N) is 1. The summed E-state index contributed by atoms with van der Waals surface area (Å²) in [5, 5.41) is 7.47. The van der Waals surface area contributed by atoms with Crippen LogP contribution in [0.15, 0.2) is 72.8 Å². The maximum Gasteiger partial charge on any atom is 0.306 e. The monoisotopic (exact) mass is 629 g/mol. The fraction of sp³-hybridized carbons (Fsp3) is 0.432. The zero-order valence-electron chi connectivity index (χ0n) is 27.7. The number of Topliss-reactive ketones (excluding diaryl/α,β-unsaturated/α-hetero) is 1. The Bertz CT molecular complexity index is 1500. The van der Waals surface area contributed by atoms with Crippen molar-refractivity contribution in [1.82, 2.24) is 15.5 Å². The second-order valence-electron chi connectivity index (χ2n) is 12.6. The van der Waals surface area contributed by atoms with Crippen LogP contribution in [0.1, 0.15) is 58.1 Å². The number of rotatable bonds is 16. The zero-order valence-corrected chi connectivity index (χ0v) is 27.7. The van der Waals surface area contributed by atoms with Crippen molar-refractivity contribution in [2.45, 2.75) is 72.1 Å². The first kappa shape index (κ1) is 35.9. The van der Waals surface area contributed by atoms with Crippen LogP contribution in [0.25, 0.3) is 10.8 Å². The second kappa shape index (κ2) is 17.2. The molecule has 9 heteroatoms. The van der Waals surface area contributed by atoms with E-state index in [1.807, 2.05) is 93.6 Å². The van der Waals surface area contributed by atoms with E-state index in [2.05, 4.69) is 10.6 Å². The molecule has 3 amide bonds. The molecule has 9 nitrogen and oxygen atoms in total. The van der Waals surface area contributed by atoms with Gasteiger partial charge in [0, 0.05) is 26.4 Å². The molecule has 2 N–H and O–H groups in total. The molecular weight excluding hydrogens is 582 g/mol. The Morgan fingerprint density at radius 1 is 0.804 bits per heavy atom. The molecule has 246 valence electrons. The summed E-state index contributed by atoms with van der Waals surface area (Å²) in [6.45, 7) is 7.62. The Hall–Kier alpha value is -4.53. The summed E-state index contributed by atoms with van der Waals surface area (Å²) in [4.78, 5) is 67.8. The molecule has 0 bridgehead atoms. The number of nitrogens with one attached hydrogen (secondary N) is 2. The normalized spacial score (nSPS) is 13.7. The fourth-order valence-corrected chi connectivity index (χ4v) is 5.31. The summed E-state index contributed by atoms with van der Waals surface area (Å²) < 4.78 is 5.42. The highest BCUT2D eigenvalue weighted by molar-refractivity contribution is 6.39. The zero-order chi connectivity index (χ0) is 33.8. The lowest BCUT2D eigenvalue weighted by molar-refractivity contribution is -0.149. The third kappa shape index (κ3) is 10.5. The minimum atomic E-state index is -1.14. The molecule has 0 aliphatic rings. The Labute approximate surface area is 272 Å². The number of esters is 1. The molecule has 0 fully saturated rings. The van der Waals surface area contributed by atoms with Gasteiger partial charge in [-0.3, -0.25) is 24.0 Å². The Morgan fingerprint density at radius 3 is 2.09 bits per heavy atom. The van der Waals surface area contributed by atoms with Crippen molar-refractivity contribution in [2.75, 3.05) is 14.1 Å². The number of amides is 3. The van der Waals surface area contributed by atoms with Gasteiger partial charge in [-0.25, -0.2) is 0 Å². The summed E-state index contributed by atoms with van der Waals surface area (Å²) in [5.41, 5.74) is 1.66. The van der Waals surface area contributed by atoms with Crippen molar-refractivity contribution in [3.8, 4) is 0 Å². The quantitative estimate of drug-likeness (QED) is 0.173. The molecule has 4 atom stereocenters. The van der Waals surface area contributed by atoms with Gasteiger partial charge in [0.1, 0.15) is 12.6 Å². The number of likely N-dealkylation sites (N-methyl/N-ethyl adjacent to an activating group) is 1. The van der Waals surface area contributed by atoms with E-state index in [1.54, 1.807) is 21.0 Å². The summed E-state index contributed by atoms with van der Waals surface area (Å²) in [7, 11) is 3.18. The number of carbonyl (C=O) groups is 5. The summed E-state index contributed by atoms with van der Waals surface area (Å²) in [6, 6.07) is 20.8. The minimum absolute atomic E-state index is 0.0895. The van der Waals surface area contributed by atoms with Gasteiger partial charge < -0.3 is 20.3 Å². The van der Waals surface area contributed by atoms with Gasteiger partial charge in [-0.15, -0.1) is 0 Å². The molecule has 0 aliphatic heterocycles. The van der Waals surface area contributed by atoms with Crippen molar-refractivity contribution in [2.24, 2.45) is 17.8 Å². The number of carbonyl (C=O) groups excluding carboxylic acids is 5. The average Bonchev–Trinajstić information content (AvgIpc) is 3.04. The van der Waals surface area contributed by atoms with Crippen LogP contribution in [0.4, 0.5) is 0 Å². The molecule has 3 aromatic carbocycles. The van der Waals surface area contributed by atoms with E-state index in [0.29, 0.717) is 12.8 Å². The summed E-state index contributed by atoms with van der Waals surface area (Å²) in [6.07, 6.45) is 0.929. The molecule has 3 rings (SSSR count). The fourth-order valence-electron chi connectivity index (χ4n) is 5.31. The first-order valence-electron chi connectivity index (χ1n) is 15.9. The van der Waals surface area contributed by atoms with Crippen LogP contribution in [-0.4, -0.2) is 60.6 Å². The van der Waals surface area contributed by atoms with Gasteiger partial charge >= 0.3 is 5.97 Å². The van der Waals surface area contributed by atoms with E-state index in [9.17, 15) is 24.0 Å². The highest BCUT2D eigenvalue weighted by Gasteiger charge is 2.35. The molecule has 46 heavy (non-hydrogen) atoms. The van der Waals surface area contributed by atoms with E-state index in [1.165, 1.54) is 4.90 Å². The number of ether oxygens (including phenoxy) is 1. The van der Waals surface area contributed by atoms with Gasteiger partial charge in [-0.2, -0.15) is 0 Å². The highest BCUT2D eigenvalue weighted by atomic mass is 16.5. The maximum absolute atomic E-state index is 13.6. The highest BCUT2D eigenvalue weighted by Crippen LogP contribution is 2.20. The van der Waals surface area contributed by atoms with Crippen molar-refractivity contribution < 1.29 is 28.7 Å². The Balaban J connectivity index is 1.74. The maximum atomic E-state index is 13.6. The Kier molecular flexibility index (Phi) is 13.5. The minimum Gasteiger partial charge on any atom is -0.461 e. The second-order valence-corrected chi connectivity index (χ2v) is 12.6. The molecule has 0 spiro atoms. The lowest BCUT2D eigenvalue weighted by Crippen LogP contribution is -2.56. The van der Waals surface area contributed by atoms with Gasteiger partial charge in [0.2, 0.25) is 17.6 Å². The van der Waals surface area contributed by atoms with E-state index >= 15 is 0 Å². The lowest BCUT2D eigenvalue weighted by Gasteiger charge is -2.27. The molecule has 1 unspecified atom stereocenters. The average molecular weight is 630 g/mol. The predicted octanol–water partition coefficient (Wildman–Crippen LogP) is 4.85.